The lowest BCUT2D eigenvalue weighted by Crippen LogP contribution is -2.34. The Morgan fingerprint density at radius 1 is 1.44 bits per heavy atom. The van der Waals surface area contributed by atoms with Crippen molar-refractivity contribution in [3.63, 3.8) is 0 Å². The van der Waals surface area contributed by atoms with Crippen LogP contribution in [0.4, 0.5) is 14.9 Å². The molecule has 6 heteroatoms. The summed E-state index contributed by atoms with van der Waals surface area (Å²) in [6.07, 6.45) is 0. The Kier molecular flexibility index (Phi) is 4.65. The van der Waals surface area contributed by atoms with Crippen LogP contribution in [0.1, 0.15) is 12.5 Å². The summed E-state index contributed by atoms with van der Waals surface area (Å²) in [6, 6.07) is 3.49. The fraction of sp³-hybridized carbons (Fsp3) is 0.333. The molecule has 2 amide bonds. The van der Waals surface area contributed by atoms with E-state index in [4.69, 9.17) is 5.11 Å². The molecule has 0 fully saturated rings. The maximum absolute atomic E-state index is 13.0. The summed E-state index contributed by atoms with van der Waals surface area (Å²) in [4.78, 5) is 22.0. The second kappa shape index (κ2) is 6.00. The summed E-state index contributed by atoms with van der Waals surface area (Å²) < 4.78 is 13.0. The van der Waals surface area contributed by atoms with E-state index in [-0.39, 0.29) is 6.54 Å². The number of carboxylic acids is 1. The molecule has 0 radical (unpaired) electrons. The number of carboxylic acid groups (broad SMARTS) is 1. The van der Waals surface area contributed by atoms with Gasteiger partial charge in [0.25, 0.3) is 0 Å². The minimum Gasteiger partial charge on any atom is -0.481 e. The molecule has 0 spiro atoms. The van der Waals surface area contributed by atoms with E-state index in [1.165, 1.54) is 19.1 Å². The van der Waals surface area contributed by atoms with Crippen molar-refractivity contribution < 1.29 is 19.1 Å². The molecule has 0 aliphatic carbocycles. The van der Waals surface area contributed by atoms with Crippen LogP contribution in [0.2, 0.25) is 0 Å². The van der Waals surface area contributed by atoms with Crippen LogP contribution >= 0.6 is 0 Å². The molecule has 0 saturated heterocycles. The van der Waals surface area contributed by atoms with Gasteiger partial charge < -0.3 is 15.7 Å². The van der Waals surface area contributed by atoms with Crippen molar-refractivity contribution in [3.05, 3.63) is 29.6 Å². The minimum absolute atomic E-state index is 0.00945. The van der Waals surface area contributed by atoms with Gasteiger partial charge in [-0.25, -0.2) is 9.18 Å². The van der Waals surface area contributed by atoms with Crippen molar-refractivity contribution >= 4 is 17.7 Å². The molecule has 3 N–H and O–H groups in total. The fourth-order valence-electron chi connectivity index (χ4n) is 1.23. The van der Waals surface area contributed by atoms with Crippen molar-refractivity contribution in [2.24, 2.45) is 5.92 Å². The highest BCUT2D eigenvalue weighted by Crippen LogP contribution is 2.15. The molecule has 5 nitrogen and oxygen atoms in total. The van der Waals surface area contributed by atoms with Gasteiger partial charge in [-0.2, -0.15) is 0 Å². The Hall–Kier alpha value is -2.11. The summed E-state index contributed by atoms with van der Waals surface area (Å²) in [7, 11) is 0. The van der Waals surface area contributed by atoms with Crippen LogP contribution < -0.4 is 10.6 Å². The first-order chi connectivity index (χ1) is 8.40. The fourth-order valence-corrected chi connectivity index (χ4v) is 1.23. The second-order valence-electron chi connectivity index (χ2n) is 4.03. The predicted molar refractivity (Wildman–Crippen MR) is 65.0 cm³/mol. The van der Waals surface area contributed by atoms with Gasteiger partial charge in [-0.15, -0.1) is 0 Å². The highest BCUT2D eigenvalue weighted by Gasteiger charge is 2.12. The molecule has 0 aliphatic rings. The van der Waals surface area contributed by atoms with Gasteiger partial charge >= 0.3 is 12.0 Å². The number of carbonyl (C=O) groups is 2. The van der Waals surface area contributed by atoms with E-state index in [2.05, 4.69) is 10.6 Å². The minimum atomic E-state index is -0.989. The number of aliphatic carboxylic acids is 1. The van der Waals surface area contributed by atoms with Gasteiger partial charge in [0.2, 0.25) is 0 Å². The predicted octanol–water partition coefficient (Wildman–Crippen LogP) is 1.98. The second-order valence-corrected chi connectivity index (χ2v) is 4.03. The zero-order valence-electron chi connectivity index (χ0n) is 10.2. The van der Waals surface area contributed by atoms with Crippen LogP contribution in [0.5, 0.6) is 0 Å². The van der Waals surface area contributed by atoms with Gasteiger partial charge in [0.15, 0.2) is 0 Å². The first-order valence-corrected chi connectivity index (χ1v) is 5.44. The summed E-state index contributed by atoms with van der Waals surface area (Å²) in [6.45, 7) is 3.22. The molecular formula is C12H15FN2O3. The van der Waals surface area contributed by atoms with E-state index in [1.807, 2.05) is 0 Å². The topological polar surface area (TPSA) is 78.4 Å². The molecule has 1 atom stereocenters. The number of carbonyl (C=O) groups excluding carboxylic acids is 1. The smallest absolute Gasteiger partial charge is 0.319 e. The van der Waals surface area contributed by atoms with E-state index in [0.717, 1.165) is 5.56 Å². The molecule has 0 bridgehead atoms. The van der Waals surface area contributed by atoms with Gasteiger partial charge in [-0.05, 0) is 24.6 Å². The number of amides is 2. The maximum atomic E-state index is 13.0. The average molecular weight is 254 g/mol. The number of hydrogen-bond acceptors (Lipinski definition) is 2. The van der Waals surface area contributed by atoms with E-state index < -0.39 is 23.7 Å². The van der Waals surface area contributed by atoms with Crippen molar-refractivity contribution in [2.45, 2.75) is 13.8 Å². The summed E-state index contributed by atoms with van der Waals surface area (Å²) in [5.74, 6) is -2.11. The molecule has 1 aromatic carbocycles. The van der Waals surface area contributed by atoms with Gasteiger partial charge in [-0.3, -0.25) is 4.79 Å². The first-order valence-electron chi connectivity index (χ1n) is 5.44. The Morgan fingerprint density at radius 2 is 2.11 bits per heavy atom. The Morgan fingerprint density at radius 3 is 2.72 bits per heavy atom. The number of nitrogens with one attached hydrogen (secondary N) is 2. The van der Waals surface area contributed by atoms with Gasteiger partial charge in [0.1, 0.15) is 5.82 Å². The first kappa shape index (κ1) is 14.0. The molecular weight excluding hydrogens is 239 g/mol. The molecule has 18 heavy (non-hydrogen) atoms. The van der Waals surface area contributed by atoms with E-state index in [9.17, 15) is 14.0 Å². The highest BCUT2D eigenvalue weighted by molar-refractivity contribution is 5.90. The normalized spacial score (nSPS) is 11.7. The van der Waals surface area contributed by atoms with E-state index >= 15 is 0 Å². The number of halogens is 1. The molecule has 0 saturated carbocycles. The Balaban J connectivity index is 2.54. The quantitative estimate of drug-likeness (QED) is 0.768. The van der Waals surface area contributed by atoms with Crippen molar-refractivity contribution in [3.8, 4) is 0 Å². The standard InChI is InChI=1S/C12H15FN2O3/c1-7-3-4-9(13)5-10(7)15-12(18)14-6-8(2)11(16)17/h3-5,8H,6H2,1-2H3,(H,16,17)(H2,14,15,18). The third kappa shape index (κ3) is 4.04. The molecule has 0 aromatic heterocycles. The lowest BCUT2D eigenvalue weighted by atomic mass is 10.2. The maximum Gasteiger partial charge on any atom is 0.319 e. The number of urea groups is 1. The van der Waals surface area contributed by atoms with E-state index in [1.54, 1.807) is 13.0 Å². The highest BCUT2D eigenvalue weighted by atomic mass is 19.1. The Labute approximate surface area is 104 Å². The molecule has 1 unspecified atom stereocenters. The lowest BCUT2D eigenvalue weighted by Gasteiger charge is -2.11. The molecule has 1 aromatic rings. The number of anilines is 1. The zero-order valence-corrected chi connectivity index (χ0v) is 10.2. The number of benzene rings is 1. The number of rotatable bonds is 4. The van der Waals surface area contributed by atoms with Crippen LogP contribution in [-0.4, -0.2) is 23.7 Å². The van der Waals surface area contributed by atoms with Crippen LogP contribution in [0, 0.1) is 18.7 Å². The zero-order chi connectivity index (χ0) is 13.7. The molecule has 0 aliphatic heterocycles. The van der Waals surface area contributed by atoms with E-state index in [0.29, 0.717) is 5.69 Å². The lowest BCUT2D eigenvalue weighted by molar-refractivity contribution is -0.140. The largest absolute Gasteiger partial charge is 0.481 e. The SMILES string of the molecule is Cc1ccc(F)cc1NC(=O)NCC(C)C(=O)O. The monoisotopic (exact) mass is 254 g/mol. The van der Waals surface area contributed by atoms with Gasteiger partial charge in [-0.1, -0.05) is 13.0 Å². The third-order valence-corrected chi connectivity index (χ3v) is 2.44. The van der Waals surface area contributed by atoms with Crippen LogP contribution in [0.25, 0.3) is 0 Å². The molecule has 98 valence electrons. The van der Waals surface area contributed by atoms with Gasteiger partial charge in [0, 0.05) is 12.2 Å². The van der Waals surface area contributed by atoms with Gasteiger partial charge in [0.05, 0.1) is 5.92 Å². The number of hydrogen-bond donors (Lipinski definition) is 3. The summed E-state index contributed by atoms with van der Waals surface area (Å²) in [5, 5.41) is 13.5. The van der Waals surface area contributed by atoms with Crippen LogP contribution in [0.15, 0.2) is 18.2 Å². The van der Waals surface area contributed by atoms with Crippen molar-refractivity contribution in [1.29, 1.82) is 0 Å². The van der Waals surface area contributed by atoms with Crippen molar-refractivity contribution in [1.82, 2.24) is 5.32 Å². The number of aryl methyl sites for hydroxylation is 1. The Bertz CT molecular complexity index is 463. The average Bonchev–Trinajstić information content (AvgIpc) is 2.30. The van der Waals surface area contributed by atoms with Crippen molar-refractivity contribution in [2.75, 3.05) is 11.9 Å². The summed E-state index contributed by atoms with van der Waals surface area (Å²) >= 11 is 0. The third-order valence-electron chi connectivity index (χ3n) is 2.44. The van der Waals surface area contributed by atoms with Crippen LogP contribution in [0.3, 0.4) is 0 Å². The molecule has 1 rings (SSSR count). The summed E-state index contributed by atoms with van der Waals surface area (Å²) in [5.41, 5.74) is 1.08. The van der Waals surface area contributed by atoms with Crippen LogP contribution in [-0.2, 0) is 4.79 Å². The molecule has 0 heterocycles.